The van der Waals surface area contributed by atoms with Crippen LogP contribution >= 0.6 is 12.6 Å². The van der Waals surface area contributed by atoms with Gasteiger partial charge in [-0.25, -0.2) is 0 Å². The van der Waals surface area contributed by atoms with E-state index >= 15 is 0 Å². The number of rotatable bonds is 16. The molecule has 0 aliphatic rings. The van der Waals surface area contributed by atoms with Gasteiger partial charge in [0.25, 0.3) is 0 Å². The van der Waals surface area contributed by atoms with Crippen LogP contribution in [0.2, 0.25) is 0 Å². The van der Waals surface area contributed by atoms with Crippen molar-refractivity contribution in [3.8, 4) is 0 Å². The molecule has 0 aliphatic carbocycles. The Morgan fingerprint density at radius 1 is 0.450 bits per heavy atom. The van der Waals surface area contributed by atoms with Crippen molar-refractivity contribution < 1.29 is 0 Å². The Morgan fingerprint density at radius 2 is 0.700 bits per heavy atom. The SMILES string of the molecule is CCCCCCCCCCCCCCCCCCS.[Na]. The Balaban J connectivity index is 0. The van der Waals surface area contributed by atoms with E-state index < -0.39 is 0 Å². The van der Waals surface area contributed by atoms with Gasteiger partial charge in [-0.1, -0.05) is 103 Å². The van der Waals surface area contributed by atoms with E-state index in [1.165, 1.54) is 103 Å². The van der Waals surface area contributed by atoms with Crippen LogP contribution in [0.15, 0.2) is 0 Å². The van der Waals surface area contributed by atoms with E-state index in [4.69, 9.17) is 0 Å². The van der Waals surface area contributed by atoms with Gasteiger partial charge in [0.05, 0.1) is 0 Å². The molecule has 0 N–H and O–H groups in total. The van der Waals surface area contributed by atoms with Gasteiger partial charge in [0.2, 0.25) is 0 Å². The van der Waals surface area contributed by atoms with Crippen molar-refractivity contribution in [3.63, 3.8) is 0 Å². The molecule has 20 heavy (non-hydrogen) atoms. The van der Waals surface area contributed by atoms with Gasteiger partial charge in [-0.05, 0) is 12.2 Å². The zero-order chi connectivity index (χ0) is 14.0. The first-order valence-corrected chi connectivity index (χ1v) is 9.66. The van der Waals surface area contributed by atoms with E-state index in [0.717, 1.165) is 5.75 Å². The minimum Gasteiger partial charge on any atom is -0.179 e. The quantitative estimate of drug-likeness (QED) is 0.181. The molecular formula is C18H38NaS. The molecule has 0 saturated heterocycles. The average molecular weight is 310 g/mol. The average Bonchev–Trinajstić information content (AvgIpc) is 2.43. The van der Waals surface area contributed by atoms with Crippen LogP contribution in [0.25, 0.3) is 0 Å². The van der Waals surface area contributed by atoms with E-state index in [0.29, 0.717) is 0 Å². The second-order valence-corrected chi connectivity index (χ2v) is 6.47. The maximum absolute atomic E-state index is 4.24. The molecule has 0 aromatic rings. The van der Waals surface area contributed by atoms with Gasteiger partial charge < -0.3 is 0 Å². The normalized spacial score (nSPS) is 10.5. The summed E-state index contributed by atoms with van der Waals surface area (Å²) in [4.78, 5) is 0. The molecule has 117 valence electrons. The number of hydrogen-bond acceptors (Lipinski definition) is 1. The van der Waals surface area contributed by atoms with Gasteiger partial charge in [-0.2, -0.15) is 12.6 Å². The summed E-state index contributed by atoms with van der Waals surface area (Å²) >= 11 is 4.24. The van der Waals surface area contributed by atoms with Crippen LogP contribution in [0.4, 0.5) is 0 Å². The molecule has 0 spiro atoms. The van der Waals surface area contributed by atoms with Crippen molar-refractivity contribution in [2.45, 2.75) is 110 Å². The maximum Gasteiger partial charge on any atom is 0 e. The number of thiol groups is 1. The van der Waals surface area contributed by atoms with Crippen molar-refractivity contribution >= 4 is 42.2 Å². The summed E-state index contributed by atoms with van der Waals surface area (Å²) in [6.45, 7) is 2.29. The Morgan fingerprint density at radius 3 is 0.950 bits per heavy atom. The van der Waals surface area contributed by atoms with E-state index in [-0.39, 0.29) is 29.6 Å². The second kappa shape index (κ2) is 22.6. The zero-order valence-electron chi connectivity index (χ0n) is 14.5. The van der Waals surface area contributed by atoms with Crippen LogP contribution in [0, 0.1) is 0 Å². The van der Waals surface area contributed by atoms with Gasteiger partial charge in [0.1, 0.15) is 0 Å². The zero-order valence-corrected chi connectivity index (χ0v) is 17.4. The first kappa shape index (κ1) is 23.6. The summed E-state index contributed by atoms with van der Waals surface area (Å²) in [5.41, 5.74) is 0. The molecule has 2 heteroatoms. The summed E-state index contributed by atoms with van der Waals surface area (Å²) in [5, 5.41) is 0. The van der Waals surface area contributed by atoms with Crippen LogP contribution in [0.3, 0.4) is 0 Å². The van der Waals surface area contributed by atoms with Crippen molar-refractivity contribution in [3.05, 3.63) is 0 Å². The molecule has 0 bridgehead atoms. The first-order valence-electron chi connectivity index (χ1n) is 9.02. The molecular weight excluding hydrogens is 271 g/mol. The van der Waals surface area contributed by atoms with Gasteiger partial charge >= 0.3 is 0 Å². The predicted octanol–water partition coefficient (Wildman–Crippen LogP) is 6.80. The van der Waals surface area contributed by atoms with Crippen LogP contribution in [0.1, 0.15) is 110 Å². The standard InChI is InChI=1S/C18H38S.Na/c1-2-3-4-5-6-7-8-9-10-11-12-13-14-15-16-17-18-19;/h19H,2-18H2,1H3;. The van der Waals surface area contributed by atoms with E-state index in [2.05, 4.69) is 19.6 Å². The third kappa shape index (κ3) is 21.6. The maximum atomic E-state index is 4.24. The van der Waals surface area contributed by atoms with E-state index in [1.807, 2.05) is 0 Å². The van der Waals surface area contributed by atoms with Gasteiger partial charge in [-0.15, -0.1) is 0 Å². The smallest absolute Gasteiger partial charge is 0 e. The molecule has 0 atom stereocenters. The molecule has 0 fully saturated rings. The Bertz CT molecular complexity index is 134. The fraction of sp³-hybridized carbons (Fsp3) is 1.00. The van der Waals surface area contributed by atoms with Crippen LogP contribution in [0.5, 0.6) is 0 Å². The van der Waals surface area contributed by atoms with Gasteiger partial charge in [0.15, 0.2) is 0 Å². The molecule has 0 amide bonds. The number of unbranched alkanes of at least 4 members (excludes halogenated alkanes) is 15. The van der Waals surface area contributed by atoms with E-state index in [1.54, 1.807) is 0 Å². The second-order valence-electron chi connectivity index (χ2n) is 6.03. The summed E-state index contributed by atoms with van der Waals surface area (Å²) in [6.07, 6.45) is 23.1. The van der Waals surface area contributed by atoms with E-state index in [9.17, 15) is 0 Å². The molecule has 0 saturated carbocycles. The van der Waals surface area contributed by atoms with Gasteiger partial charge in [0, 0.05) is 29.6 Å². The topological polar surface area (TPSA) is 0 Å². The molecule has 0 aromatic heterocycles. The van der Waals surface area contributed by atoms with Crippen LogP contribution < -0.4 is 0 Å². The Kier molecular flexibility index (Phi) is 26.7. The van der Waals surface area contributed by atoms with Crippen molar-refractivity contribution in [1.29, 1.82) is 0 Å². The minimum absolute atomic E-state index is 0. The first-order chi connectivity index (χ1) is 9.41. The molecule has 0 aliphatic heterocycles. The van der Waals surface area contributed by atoms with Crippen molar-refractivity contribution in [2.75, 3.05) is 5.75 Å². The monoisotopic (exact) mass is 309 g/mol. The summed E-state index contributed by atoms with van der Waals surface area (Å²) in [7, 11) is 0. The molecule has 0 aromatic carbocycles. The molecule has 1 radical (unpaired) electrons. The van der Waals surface area contributed by atoms with Gasteiger partial charge in [-0.3, -0.25) is 0 Å². The molecule has 0 nitrogen and oxygen atoms in total. The summed E-state index contributed by atoms with van der Waals surface area (Å²) in [5.74, 6) is 1.07. The fourth-order valence-corrected chi connectivity index (χ4v) is 2.88. The third-order valence-electron chi connectivity index (χ3n) is 4.01. The number of hydrogen-bond donors (Lipinski definition) is 1. The van der Waals surface area contributed by atoms with Crippen LogP contribution in [-0.2, 0) is 0 Å². The Hall–Kier alpha value is 1.35. The molecule has 0 heterocycles. The molecule has 0 unspecified atom stereocenters. The van der Waals surface area contributed by atoms with Crippen molar-refractivity contribution in [1.82, 2.24) is 0 Å². The van der Waals surface area contributed by atoms with Crippen molar-refractivity contribution in [2.24, 2.45) is 0 Å². The van der Waals surface area contributed by atoms with Crippen LogP contribution in [-0.4, -0.2) is 35.3 Å². The predicted molar refractivity (Wildman–Crippen MR) is 99.2 cm³/mol. The third-order valence-corrected chi connectivity index (χ3v) is 4.33. The minimum atomic E-state index is 0. The largest absolute Gasteiger partial charge is 0.179 e. The fourth-order valence-electron chi connectivity index (χ4n) is 2.66. The summed E-state index contributed by atoms with van der Waals surface area (Å²) in [6, 6.07) is 0. The summed E-state index contributed by atoms with van der Waals surface area (Å²) < 4.78 is 0. The molecule has 0 rings (SSSR count). The Labute approximate surface area is 157 Å².